The fourth-order valence-corrected chi connectivity index (χ4v) is 1.61. The van der Waals surface area contributed by atoms with Gasteiger partial charge in [0.1, 0.15) is 0 Å². The molecule has 1 rings (SSSR count). The zero-order valence-corrected chi connectivity index (χ0v) is 11.2. The molecule has 0 saturated heterocycles. The standard InChI is InChI=1S/C15H22N2/c1-5-12(10-16)11-17-14-8-6-13(7-9-14)15(2,3)4/h6-9,12,17H,5,11H2,1-4H3. The van der Waals surface area contributed by atoms with Crippen molar-refractivity contribution in [1.82, 2.24) is 0 Å². The first kappa shape index (κ1) is 13.6. The van der Waals surface area contributed by atoms with Crippen LogP contribution in [-0.2, 0) is 5.41 Å². The lowest BCUT2D eigenvalue weighted by molar-refractivity contribution is 0.590. The highest BCUT2D eigenvalue weighted by Gasteiger charge is 2.12. The lowest BCUT2D eigenvalue weighted by Gasteiger charge is -2.19. The average molecular weight is 230 g/mol. The first-order chi connectivity index (χ1) is 7.97. The van der Waals surface area contributed by atoms with Crippen molar-refractivity contribution in [2.24, 2.45) is 5.92 Å². The number of hydrogen-bond acceptors (Lipinski definition) is 2. The molecule has 0 saturated carbocycles. The van der Waals surface area contributed by atoms with Gasteiger partial charge < -0.3 is 5.32 Å². The molecule has 92 valence electrons. The summed E-state index contributed by atoms with van der Waals surface area (Å²) in [6, 6.07) is 10.8. The molecule has 0 amide bonds. The summed E-state index contributed by atoms with van der Waals surface area (Å²) in [4.78, 5) is 0. The SMILES string of the molecule is CCC(C#N)CNc1ccc(C(C)(C)C)cc1. The van der Waals surface area contributed by atoms with Crippen molar-refractivity contribution in [1.29, 1.82) is 5.26 Å². The van der Waals surface area contributed by atoms with Crippen molar-refractivity contribution in [3.05, 3.63) is 29.8 Å². The molecular weight excluding hydrogens is 208 g/mol. The second-order valence-corrected chi connectivity index (χ2v) is 5.44. The van der Waals surface area contributed by atoms with Crippen molar-refractivity contribution in [2.45, 2.75) is 39.5 Å². The molecule has 0 aliphatic rings. The van der Waals surface area contributed by atoms with Crippen molar-refractivity contribution in [2.75, 3.05) is 11.9 Å². The van der Waals surface area contributed by atoms with Crippen LogP contribution in [0, 0.1) is 17.2 Å². The highest BCUT2D eigenvalue weighted by molar-refractivity contribution is 5.45. The van der Waals surface area contributed by atoms with Gasteiger partial charge in [-0.15, -0.1) is 0 Å². The van der Waals surface area contributed by atoms with Gasteiger partial charge in [-0.1, -0.05) is 39.8 Å². The second kappa shape index (κ2) is 5.72. The van der Waals surface area contributed by atoms with Crippen molar-refractivity contribution < 1.29 is 0 Å². The number of rotatable bonds is 4. The summed E-state index contributed by atoms with van der Waals surface area (Å²) in [6.45, 7) is 9.38. The molecule has 2 nitrogen and oxygen atoms in total. The third-order valence-corrected chi connectivity index (χ3v) is 2.98. The zero-order valence-electron chi connectivity index (χ0n) is 11.2. The van der Waals surface area contributed by atoms with Crippen LogP contribution < -0.4 is 5.32 Å². The molecule has 0 aromatic heterocycles. The predicted molar refractivity (Wildman–Crippen MR) is 73.0 cm³/mol. The second-order valence-electron chi connectivity index (χ2n) is 5.44. The van der Waals surface area contributed by atoms with Crippen LogP contribution in [0.5, 0.6) is 0 Å². The molecule has 1 N–H and O–H groups in total. The zero-order chi connectivity index (χ0) is 12.9. The molecule has 0 spiro atoms. The van der Waals surface area contributed by atoms with Crippen molar-refractivity contribution in [3.63, 3.8) is 0 Å². The van der Waals surface area contributed by atoms with Crippen LogP contribution >= 0.6 is 0 Å². The summed E-state index contributed by atoms with van der Waals surface area (Å²) in [5.74, 6) is 0.0947. The van der Waals surface area contributed by atoms with Gasteiger partial charge in [-0.05, 0) is 29.5 Å². The van der Waals surface area contributed by atoms with Gasteiger partial charge in [0.25, 0.3) is 0 Å². The van der Waals surface area contributed by atoms with E-state index >= 15 is 0 Å². The summed E-state index contributed by atoms with van der Waals surface area (Å²) in [5, 5.41) is 12.2. The number of nitriles is 1. The fraction of sp³-hybridized carbons (Fsp3) is 0.533. The van der Waals surface area contributed by atoms with Crippen LogP contribution in [0.15, 0.2) is 24.3 Å². The maximum absolute atomic E-state index is 8.86. The quantitative estimate of drug-likeness (QED) is 0.850. The van der Waals surface area contributed by atoms with E-state index in [4.69, 9.17) is 5.26 Å². The van der Waals surface area contributed by atoms with E-state index in [9.17, 15) is 0 Å². The summed E-state index contributed by atoms with van der Waals surface area (Å²) in [6.07, 6.45) is 0.892. The summed E-state index contributed by atoms with van der Waals surface area (Å²) < 4.78 is 0. The van der Waals surface area contributed by atoms with E-state index in [2.05, 4.69) is 56.4 Å². The minimum Gasteiger partial charge on any atom is -0.384 e. The highest BCUT2D eigenvalue weighted by atomic mass is 14.9. The molecule has 0 radical (unpaired) electrons. The van der Waals surface area contributed by atoms with Crippen LogP contribution in [0.3, 0.4) is 0 Å². The van der Waals surface area contributed by atoms with E-state index in [-0.39, 0.29) is 11.3 Å². The minimum absolute atomic E-state index is 0.0947. The topological polar surface area (TPSA) is 35.8 Å². The lowest BCUT2D eigenvalue weighted by Crippen LogP contribution is -2.13. The summed E-state index contributed by atoms with van der Waals surface area (Å²) in [7, 11) is 0. The Morgan fingerprint density at radius 3 is 2.24 bits per heavy atom. The smallest absolute Gasteiger partial charge is 0.0674 e. The highest BCUT2D eigenvalue weighted by Crippen LogP contribution is 2.23. The maximum Gasteiger partial charge on any atom is 0.0674 e. The Hall–Kier alpha value is -1.49. The maximum atomic E-state index is 8.86. The van der Waals surface area contributed by atoms with E-state index in [1.165, 1.54) is 5.56 Å². The fourth-order valence-electron chi connectivity index (χ4n) is 1.61. The van der Waals surface area contributed by atoms with Gasteiger partial charge in [-0.25, -0.2) is 0 Å². The number of hydrogen-bond donors (Lipinski definition) is 1. The normalized spacial score (nSPS) is 12.9. The number of anilines is 1. The van der Waals surface area contributed by atoms with Gasteiger partial charge in [0.15, 0.2) is 0 Å². The minimum atomic E-state index is 0.0947. The van der Waals surface area contributed by atoms with E-state index in [1.54, 1.807) is 0 Å². The number of nitrogens with zero attached hydrogens (tertiary/aromatic N) is 1. The first-order valence-electron chi connectivity index (χ1n) is 6.21. The average Bonchev–Trinajstić information content (AvgIpc) is 2.30. The molecule has 1 unspecified atom stereocenters. The Balaban J connectivity index is 2.61. The largest absolute Gasteiger partial charge is 0.384 e. The lowest BCUT2D eigenvalue weighted by atomic mass is 9.87. The Morgan fingerprint density at radius 2 is 1.82 bits per heavy atom. The Morgan fingerprint density at radius 1 is 1.24 bits per heavy atom. The van der Waals surface area contributed by atoms with E-state index in [0.29, 0.717) is 0 Å². The predicted octanol–water partition coefficient (Wildman–Crippen LogP) is 3.95. The summed E-state index contributed by atoms with van der Waals surface area (Å²) in [5.41, 5.74) is 2.61. The van der Waals surface area contributed by atoms with Crippen molar-refractivity contribution >= 4 is 5.69 Å². The van der Waals surface area contributed by atoms with Gasteiger partial charge in [0.2, 0.25) is 0 Å². The van der Waals surface area contributed by atoms with E-state index < -0.39 is 0 Å². The molecule has 0 bridgehead atoms. The molecule has 2 heteroatoms. The van der Waals surface area contributed by atoms with Crippen LogP contribution in [0.4, 0.5) is 5.69 Å². The number of nitrogens with one attached hydrogen (secondary N) is 1. The van der Waals surface area contributed by atoms with Gasteiger partial charge in [-0.3, -0.25) is 0 Å². The third kappa shape index (κ3) is 4.11. The van der Waals surface area contributed by atoms with Crippen LogP contribution in [0.25, 0.3) is 0 Å². The Kier molecular flexibility index (Phi) is 4.57. The van der Waals surface area contributed by atoms with Crippen LogP contribution in [0.2, 0.25) is 0 Å². The van der Waals surface area contributed by atoms with Crippen LogP contribution in [0.1, 0.15) is 39.7 Å². The third-order valence-electron chi connectivity index (χ3n) is 2.98. The van der Waals surface area contributed by atoms with E-state index in [0.717, 1.165) is 18.7 Å². The molecule has 0 aliphatic carbocycles. The molecule has 17 heavy (non-hydrogen) atoms. The molecule has 1 aromatic rings. The van der Waals surface area contributed by atoms with Crippen LogP contribution in [-0.4, -0.2) is 6.54 Å². The Labute approximate surface area is 105 Å². The molecule has 0 fully saturated rings. The van der Waals surface area contributed by atoms with Crippen molar-refractivity contribution in [3.8, 4) is 6.07 Å². The van der Waals surface area contributed by atoms with Gasteiger partial charge >= 0.3 is 0 Å². The molecule has 0 aliphatic heterocycles. The number of benzene rings is 1. The van der Waals surface area contributed by atoms with Gasteiger partial charge in [-0.2, -0.15) is 5.26 Å². The van der Waals surface area contributed by atoms with Gasteiger partial charge in [0, 0.05) is 12.2 Å². The Bertz CT molecular complexity index is 379. The first-order valence-corrected chi connectivity index (χ1v) is 6.21. The summed E-state index contributed by atoms with van der Waals surface area (Å²) >= 11 is 0. The molecule has 0 heterocycles. The molecule has 1 aromatic carbocycles. The monoisotopic (exact) mass is 230 g/mol. The van der Waals surface area contributed by atoms with Gasteiger partial charge in [0.05, 0.1) is 12.0 Å². The van der Waals surface area contributed by atoms with E-state index in [1.807, 2.05) is 6.92 Å². The molecular formula is C15H22N2. The molecule has 1 atom stereocenters.